The van der Waals surface area contributed by atoms with E-state index in [4.69, 9.17) is 23.2 Å². The maximum Gasteiger partial charge on any atom is 0.185 e. The summed E-state index contributed by atoms with van der Waals surface area (Å²) in [6, 6.07) is 4.82. The lowest BCUT2D eigenvalue weighted by Crippen LogP contribution is -1.93. The van der Waals surface area contributed by atoms with Crippen molar-refractivity contribution in [2.24, 2.45) is 0 Å². The zero-order valence-corrected chi connectivity index (χ0v) is 9.72. The maximum atomic E-state index is 11.6. The summed E-state index contributed by atoms with van der Waals surface area (Å²) < 4.78 is 0. The van der Waals surface area contributed by atoms with Gasteiger partial charge in [0.25, 0.3) is 0 Å². The minimum atomic E-state index is -0.0910. The van der Waals surface area contributed by atoms with Gasteiger partial charge in [-0.25, -0.2) is 0 Å². The molecule has 15 heavy (non-hydrogen) atoms. The summed E-state index contributed by atoms with van der Waals surface area (Å²) in [6.45, 7) is 1.88. The van der Waals surface area contributed by atoms with Gasteiger partial charge in [0.15, 0.2) is 5.78 Å². The zero-order valence-electron chi connectivity index (χ0n) is 8.21. The highest BCUT2D eigenvalue weighted by atomic mass is 35.5. The number of carbonyl (C=O) groups is 1. The molecule has 0 atom stereocenters. The Kier molecular flexibility index (Phi) is 4.60. The van der Waals surface area contributed by atoms with Crippen molar-refractivity contribution in [3.63, 3.8) is 0 Å². The second-order valence-electron chi connectivity index (χ2n) is 2.88. The Bertz CT molecular complexity index is 420. The zero-order chi connectivity index (χ0) is 11.3. The van der Waals surface area contributed by atoms with Crippen LogP contribution in [-0.2, 0) is 0 Å². The predicted octanol–water partition coefficient (Wildman–Crippen LogP) is 4.31. The third-order valence-corrected chi connectivity index (χ3v) is 2.49. The Morgan fingerprint density at radius 1 is 1.20 bits per heavy atom. The summed E-state index contributed by atoms with van der Waals surface area (Å²) in [5.41, 5.74) is 0.533. The van der Waals surface area contributed by atoms with Crippen molar-refractivity contribution in [3.05, 3.63) is 58.1 Å². The summed E-state index contributed by atoms with van der Waals surface area (Å²) in [5, 5.41) is 0.840. The monoisotopic (exact) mass is 240 g/mol. The number of benzene rings is 1. The lowest BCUT2D eigenvalue weighted by atomic mass is 10.1. The largest absolute Gasteiger partial charge is 0.289 e. The van der Waals surface area contributed by atoms with Crippen LogP contribution >= 0.6 is 23.2 Å². The Labute approximate surface area is 99.0 Å². The van der Waals surface area contributed by atoms with Crippen molar-refractivity contribution in [2.45, 2.75) is 6.92 Å². The van der Waals surface area contributed by atoms with Crippen LogP contribution in [0.2, 0.25) is 10.0 Å². The highest BCUT2D eigenvalue weighted by molar-refractivity contribution is 6.42. The summed E-state index contributed by atoms with van der Waals surface area (Å²) in [6.07, 6.45) is 6.80. The molecular weight excluding hydrogens is 231 g/mol. The van der Waals surface area contributed by atoms with E-state index in [1.807, 2.05) is 13.0 Å². The van der Waals surface area contributed by atoms with Gasteiger partial charge in [0.1, 0.15) is 0 Å². The van der Waals surface area contributed by atoms with E-state index in [0.717, 1.165) is 0 Å². The van der Waals surface area contributed by atoms with Crippen molar-refractivity contribution in [2.75, 3.05) is 0 Å². The van der Waals surface area contributed by atoms with Crippen LogP contribution in [0.15, 0.2) is 42.5 Å². The SMILES string of the molecule is C/C=C\C=C\C(=O)c1ccc(Cl)c(Cl)c1. The third-order valence-electron chi connectivity index (χ3n) is 1.76. The first kappa shape index (κ1) is 12.0. The molecule has 0 aliphatic heterocycles. The van der Waals surface area contributed by atoms with Gasteiger partial charge >= 0.3 is 0 Å². The molecule has 1 rings (SSSR count). The molecular formula is C12H10Cl2O. The van der Waals surface area contributed by atoms with Gasteiger partial charge in [-0.1, -0.05) is 41.4 Å². The van der Waals surface area contributed by atoms with Gasteiger partial charge < -0.3 is 0 Å². The second-order valence-corrected chi connectivity index (χ2v) is 3.69. The molecule has 0 saturated carbocycles. The van der Waals surface area contributed by atoms with E-state index in [1.54, 1.807) is 30.4 Å². The molecule has 0 aliphatic carbocycles. The van der Waals surface area contributed by atoms with E-state index in [9.17, 15) is 4.79 Å². The number of hydrogen-bond acceptors (Lipinski definition) is 1. The molecule has 0 bridgehead atoms. The standard InChI is InChI=1S/C12H10Cl2O/c1-2-3-4-5-12(15)9-6-7-10(13)11(14)8-9/h2-8H,1H3/b3-2-,5-4+. The number of hydrogen-bond donors (Lipinski definition) is 0. The van der Waals surface area contributed by atoms with Crippen molar-refractivity contribution in [1.29, 1.82) is 0 Å². The van der Waals surface area contributed by atoms with E-state index >= 15 is 0 Å². The molecule has 3 heteroatoms. The number of ketones is 1. The van der Waals surface area contributed by atoms with Crippen molar-refractivity contribution >= 4 is 29.0 Å². The summed E-state index contributed by atoms with van der Waals surface area (Å²) in [4.78, 5) is 11.6. The molecule has 1 nitrogen and oxygen atoms in total. The molecule has 0 fully saturated rings. The molecule has 0 aliphatic rings. The first-order valence-electron chi connectivity index (χ1n) is 4.44. The van der Waals surface area contributed by atoms with Gasteiger partial charge in [-0.2, -0.15) is 0 Å². The Morgan fingerprint density at radius 2 is 1.93 bits per heavy atom. The predicted molar refractivity (Wildman–Crippen MR) is 64.7 cm³/mol. The molecule has 0 N–H and O–H groups in total. The summed E-state index contributed by atoms with van der Waals surface area (Å²) in [5.74, 6) is -0.0910. The molecule has 0 spiro atoms. The molecule has 0 aromatic heterocycles. The average Bonchev–Trinajstić information content (AvgIpc) is 2.22. The quantitative estimate of drug-likeness (QED) is 0.437. The lowest BCUT2D eigenvalue weighted by molar-refractivity contribution is 0.104. The van der Waals surface area contributed by atoms with Crippen molar-refractivity contribution < 1.29 is 4.79 Å². The fourth-order valence-corrected chi connectivity index (χ4v) is 1.30. The van der Waals surface area contributed by atoms with Crippen LogP contribution in [0.4, 0.5) is 0 Å². The minimum absolute atomic E-state index is 0.0910. The molecule has 0 radical (unpaired) electrons. The smallest absolute Gasteiger partial charge is 0.185 e. The van der Waals surface area contributed by atoms with Crippen LogP contribution in [0.5, 0.6) is 0 Å². The summed E-state index contributed by atoms with van der Waals surface area (Å²) >= 11 is 11.5. The van der Waals surface area contributed by atoms with Gasteiger partial charge in [-0.3, -0.25) is 4.79 Å². The molecule has 0 unspecified atom stereocenters. The van der Waals surface area contributed by atoms with E-state index in [0.29, 0.717) is 15.6 Å². The average molecular weight is 241 g/mol. The highest BCUT2D eigenvalue weighted by Gasteiger charge is 2.04. The van der Waals surface area contributed by atoms with Gasteiger partial charge in [0.2, 0.25) is 0 Å². The van der Waals surface area contributed by atoms with E-state index < -0.39 is 0 Å². The second kappa shape index (κ2) is 5.74. The molecule has 0 amide bonds. The van der Waals surface area contributed by atoms with Crippen LogP contribution in [0, 0.1) is 0 Å². The number of halogens is 2. The van der Waals surface area contributed by atoms with E-state index in [-0.39, 0.29) is 5.78 Å². The topological polar surface area (TPSA) is 17.1 Å². The van der Waals surface area contributed by atoms with Crippen LogP contribution < -0.4 is 0 Å². The lowest BCUT2D eigenvalue weighted by Gasteiger charge is -1.98. The Hall–Kier alpha value is -1.05. The number of rotatable bonds is 3. The van der Waals surface area contributed by atoms with Crippen LogP contribution in [0.25, 0.3) is 0 Å². The van der Waals surface area contributed by atoms with Gasteiger partial charge in [-0.15, -0.1) is 0 Å². The van der Waals surface area contributed by atoms with E-state index in [1.165, 1.54) is 6.08 Å². The van der Waals surface area contributed by atoms with Crippen LogP contribution in [0.3, 0.4) is 0 Å². The molecule has 1 aromatic carbocycles. The van der Waals surface area contributed by atoms with Gasteiger partial charge in [0.05, 0.1) is 10.0 Å². The van der Waals surface area contributed by atoms with E-state index in [2.05, 4.69) is 0 Å². The Balaban J connectivity index is 2.87. The molecule has 1 aromatic rings. The van der Waals surface area contributed by atoms with Crippen molar-refractivity contribution in [3.8, 4) is 0 Å². The maximum absolute atomic E-state index is 11.6. The minimum Gasteiger partial charge on any atom is -0.289 e. The first-order chi connectivity index (χ1) is 7.15. The van der Waals surface area contributed by atoms with Crippen molar-refractivity contribution in [1.82, 2.24) is 0 Å². The fraction of sp³-hybridized carbons (Fsp3) is 0.0833. The third kappa shape index (κ3) is 3.54. The summed E-state index contributed by atoms with van der Waals surface area (Å²) in [7, 11) is 0. The number of allylic oxidation sites excluding steroid dienone is 4. The molecule has 0 saturated heterocycles. The highest BCUT2D eigenvalue weighted by Crippen LogP contribution is 2.22. The van der Waals surface area contributed by atoms with Crippen LogP contribution in [-0.4, -0.2) is 5.78 Å². The number of carbonyl (C=O) groups excluding carboxylic acids is 1. The first-order valence-corrected chi connectivity index (χ1v) is 5.19. The fourth-order valence-electron chi connectivity index (χ4n) is 1.000. The van der Waals surface area contributed by atoms with Gasteiger partial charge in [-0.05, 0) is 31.2 Å². The molecule has 78 valence electrons. The Morgan fingerprint density at radius 3 is 2.53 bits per heavy atom. The molecule has 0 heterocycles. The van der Waals surface area contributed by atoms with Gasteiger partial charge in [0, 0.05) is 5.56 Å². The van der Waals surface area contributed by atoms with Crippen LogP contribution in [0.1, 0.15) is 17.3 Å². The normalized spacial score (nSPS) is 11.4.